The average Bonchev–Trinajstić information content (AvgIpc) is 3.24. The number of nitrogens with zero attached hydrogens (tertiary/aromatic N) is 2. The van der Waals surface area contributed by atoms with E-state index in [1.54, 1.807) is 7.11 Å². The van der Waals surface area contributed by atoms with Crippen molar-refractivity contribution in [3.63, 3.8) is 0 Å². The minimum Gasteiger partial charge on any atom is -0.496 e. The van der Waals surface area contributed by atoms with Gasteiger partial charge in [0.05, 0.1) is 13.7 Å². The molecule has 3 rings (SSSR count). The Kier molecular flexibility index (Phi) is 4.25. The number of hydrogen-bond acceptors (Lipinski definition) is 3. The van der Waals surface area contributed by atoms with Crippen molar-refractivity contribution in [1.82, 2.24) is 14.9 Å². The fourth-order valence-corrected chi connectivity index (χ4v) is 2.60. The SMILES string of the molecule is CCc1nccn1Cc1cc(CNC2CC2)ccc1OC. The highest BCUT2D eigenvalue weighted by Crippen LogP contribution is 2.23. The molecule has 0 aliphatic heterocycles. The van der Waals surface area contributed by atoms with E-state index >= 15 is 0 Å². The summed E-state index contributed by atoms with van der Waals surface area (Å²) in [4.78, 5) is 4.39. The standard InChI is InChI=1S/C17H23N3O/c1-3-17-18-8-9-20(17)12-14-10-13(4-7-16(14)21-2)11-19-15-5-6-15/h4,7-10,15,19H,3,5-6,11-12H2,1-2H3. The third-order valence-corrected chi connectivity index (χ3v) is 3.98. The summed E-state index contributed by atoms with van der Waals surface area (Å²) in [6.07, 6.45) is 7.48. The molecule has 1 fully saturated rings. The Morgan fingerprint density at radius 3 is 2.95 bits per heavy atom. The lowest BCUT2D eigenvalue weighted by Crippen LogP contribution is -2.15. The molecule has 2 aromatic rings. The largest absolute Gasteiger partial charge is 0.496 e. The van der Waals surface area contributed by atoms with Crippen LogP contribution >= 0.6 is 0 Å². The Labute approximate surface area is 126 Å². The van der Waals surface area contributed by atoms with Crippen molar-refractivity contribution >= 4 is 0 Å². The van der Waals surface area contributed by atoms with E-state index in [2.05, 4.69) is 40.0 Å². The van der Waals surface area contributed by atoms with Gasteiger partial charge >= 0.3 is 0 Å². The highest BCUT2D eigenvalue weighted by molar-refractivity contribution is 5.37. The van der Waals surface area contributed by atoms with Gasteiger partial charge in [-0.2, -0.15) is 0 Å². The summed E-state index contributed by atoms with van der Waals surface area (Å²) in [5, 5.41) is 3.56. The van der Waals surface area contributed by atoms with Gasteiger partial charge in [-0.15, -0.1) is 0 Å². The van der Waals surface area contributed by atoms with Crippen LogP contribution in [0.4, 0.5) is 0 Å². The molecule has 0 radical (unpaired) electrons. The van der Waals surface area contributed by atoms with Crippen LogP contribution in [0.15, 0.2) is 30.6 Å². The summed E-state index contributed by atoms with van der Waals surface area (Å²) in [7, 11) is 1.73. The van der Waals surface area contributed by atoms with E-state index in [0.29, 0.717) is 0 Å². The summed E-state index contributed by atoms with van der Waals surface area (Å²) in [5.74, 6) is 2.06. The summed E-state index contributed by atoms with van der Waals surface area (Å²) >= 11 is 0. The first-order chi connectivity index (χ1) is 10.3. The zero-order valence-corrected chi connectivity index (χ0v) is 12.8. The topological polar surface area (TPSA) is 39.1 Å². The first-order valence-electron chi connectivity index (χ1n) is 7.69. The Balaban J connectivity index is 1.78. The van der Waals surface area contributed by atoms with Gasteiger partial charge in [-0.3, -0.25) is 0 Å². The fraction of sp³-hybridized carbons (Fsp3) is 0.471. The molecule has 21 heavy (non-hydrogen) atoms. The molecule has 1 heterocycles. The second kappa shape index (κ2) is 6.31. The van der Waals surface area contributed by atoms with Crippen molar-refractivity contribution in [3.05, 3.63) is 47.5 Å². The van der Waals surface area contributed by atoms with Crippen LogP contribution < -0.4 is 10.1 Å². The van der Waals surface area contributed by atoms with Crippen LogP contribution in [0.1, 0.15) is 36.7 Å². The first-order valence-corrected chi connectivity index (χ1v) is 7.69. The molecular weight excluding hydrogens is 262 g/mol. The number of methoxy groups -OCH3 is 1. The van der Waals surface area contributed by atoms with Gasteiger partial charge in [-0.25, -0.2) is 4.98 Å². The van der Waals surface area contributed by atoms with Crippen LogP contribution in [0.3, 0.4) is 0 Å². The van der Waals surface area contributed by atoms with Crippen molar-refractivity contribution in [2.75, 3.05) is 7.11 Å². The van der Waals surface area contributed by atoms with Crippen molar-refractivity contribution in [3.8, 4) is 5.75 Å². The quantitative estimate of drug-likeness (QED) is 0.850. The fourth-order valence-electron chi connectivity index (χ4n) is 2.60. The maximum atomic E-state index is 5.51. The lowest BCUT2D eigenvalue weighted by atomic mass is 10.1. The van der Waals surface area contributed by atoms with E-state index in [9.17, 15) is 0 Å². The molecule has 0 spiro atoms. The summed E-state index contributed by atoms with van der Waals surface area (Å²) in [6, 6.07) is 7.19. The molecule has 1 aromatic heterocycles. The molecule has 0 amide bonds. The summed E-state index contributed by atoms with van der Waals surface area (Å²) < 4.78 is 7.70. The lowest BCUT2D eigenvalue weighted by Gasteiger charge is -2.13. The van der Waals surface area contributed by atoms with E-state index in [-0.39, 0.29) is 0 Å². The second-order valence-corrected chi connectivity index (χ2v) is 5.63. The second-order valence-electron chi connectivity index (χ2n) is 5.63. The van der Waals surface area contributed by atoms with E-state index in [0.717, 1.165) is 37.1 Å². The van der Waals surface area contributed by atoms with Crippen molar-refractivity contribution in [2.45, 2.75) is 45.3 Å². The van der Waals surface area contributed by atoms with Crippen molar-refractivity contribution in [1.29, 1.82) is 0 Å². The molecule has 1 aliphatic rings. The monoisotopic (exact) mass is 285 g/mol. The van der Waals surface area contributed by atoms with Gasteiger partial charge in [0.15, 0.2) is 0 Å². The minimum absolute atomic E-state index is 0.732. The molecular formula is C17H23N3O. The summed E-state index contributed by atoms with van der Waals surface area (Å²) in [5.41, 5.74) is 2.52. The predicted molar refractivity (Wildman–Crippen MR) is 83.6 cm³/mol. The van der Waals surface area contributed by atoms with Gasteiger partial charge < -0.3 is 14.6 Å². The molecule has 0 unspecified atom stereocenters. The van der Waals surface area contributed by atoms with Crippen LogP contribution in [0, 0.1) is 0 Å². The van der Waals surface area contributed by atoms with Crippen LogP contribution in [0.2, 0.25) is 0 Å². The van der Waals surface area contributed by atoms with Crippen molar-refractivity contribution < 1.29 is 4.74 Å². The molecule has 112 valence electrons. The number of nitrogens with one attached hydrogen (secondary N) is 1. The van der Waals surface area contributed by atoms with Gasteiger partial charge in [0.1, 0.15) is 11.6 Å². The molecule has 1 aromatic carbocycles. The van der Waals surface area contributed by atoms with Crippen LogP contribution in [0.5, 0.6) is 5.75 Å². The highest BCUT2D eigenvalue weighted by atomic mass is 16.5. The number of ether oxygens (including phenoxy) is 1. The van der Waals surface area contributed by atoms with Crippen LogP contribution in [-0.4, -0.2) is 22.7 Å². The van der Waals surface area contributed by atoms with Gasteiger partial charge in [0.2, 0.25) is 0 Å². The molecule has 1 saturated carbocycles. The van der Waals surface area contributed by atoms with E-state index in [1.807, 2.05) is 12.4 Å². The maximum Gasteiger partial charge on any atom is 0.123 e. The van der Waals surface area contributed by atoms with Gasteiger partial charge in [-0.05, 0) is 30.5 Å². The third-order valence-electron chi connectivity index (χ3n) is 3.98. The predicted octanol–water partition coefficient (Wildman–Crippen LogP) is 2.75. The number of aryl methyl sites for hydroxylation is 1. The zero-order chi connectivity index (χ0) is 14.7. The highest BCUT2D eigenvalue weighted by Gasteiger charge is 2.20. The molecule has 1 N–H and O–H groups in total. The average molecular weight is 285 g/mol. The van der Waals surface area contributed by atoms with Crippen LogP contribution in [0.25, 0.3) is 0 Å². The first kappa shape index (κ1) is 14.1. The van der Waals surface area contributed by atoms with Gasteiger partial charge in [-0.1, -0.05) is 13.0 Å². The maximum absolute atomic E-state index is 5.51. The third kappa shape index (κ3) is 3.45. The Morgan fingerprint density at radius 2 is 2.24 bits per heavy atom. The summed E-state index contributed by atoms with van der Waals surface area (Å²) in [6.45, 7) is 3.88. The van der Waals surface area contributed by atoms with E-state index in [4.69, 9.17) is 4.74 Å². The molecule has 1 aliphatic carbocycles. The number of imidazole rings is 1. The van der Waals surface area contributed by atoms with E-state index < -0.39 is 0 Å². The van der Waals surface area contributed by atoms with Gasteiger partial charge in [0.25, 0.3) is 0 Å². The van der Waals surface area contributed by atoms with Crippen molar-refractivity contribution in [2.24, 2.45) is 0 Å². The molecule has 0 bridgehead atoms. The molecule has 4 heteroatoms. The Hall–Kier alpha value is -1.81. The Morgan fingerprint density at radius 1 is 1.38 bits per heavy atom. The molecule has 4 nitrogen and oxygen atoms in total. The van der Waals surface area contributed by atoms with E-state index in [1.165, 1.54) is 24.0 Å². The number of benzene rings is 1. The number of aromatic nitrogens is 2. The number of hydrogen-bond donors (Lipinski definition) is 1. The minimum atomic E-state index is 0.732. The zero-order valence-electron chi connectivity index (χ0n) is 12.8. The van der Waals surface area contributed by atoms with Crippen LogP contribution in [-0.2, 0) is 19.5 Å². The lowest BCUT2D eigenvalue weighted by molar-refractivity contribution is 0.408. The normalized spacial score (nSPS) is 14.4. The smallest absolute Gasteiger partial charge is 0.123 e. The molecule has 0 atom stereocenters. The number of rotatable bonds is 7. The van der Waals surface area contributed by atoms with Gasteiger partial charge in [0, 0.05) is 37.0 Å². The molecule has 0 saturated heterocycles. The Bertz CT molecular complexity index is 602.